The molecule has 0 saturated carbocycles. The summed E-state index contributed by atoms with van der Waals surface area (Å²) in [6.45, 7) is 4.62. The molecule has 1 atom stereocenters. The molecular formula is C23H25N3O4S. The van der Waals surface area contributed by atoms with Gasteiger partial charge in [-0.1, -0.05) is 31.2 Å². The molecule has 5 rings (SSSR count). The molecule has 7 nitrogen and oxygen atoms in total. The highest BCUT2D eigenvalue weighted by atomic mass is 32.2. The van der Waals surface area contributed by atoms with Crippen molar-refractivity contribution in [1.82, 2.24) is 14.6 Å². The number of sulfonamides is 1. The van der Waals surface area contributed by atoms with Gasteiger partial charge in [-0.2, -0.15) is 4.72 Å². The lowest BCUT2D eigenvalue weighted by Gasteiger charge is -2.34. The number of hydrogen-bond acceptors (Lipinski definition) is 5. The van der Waals surface area contributed by atoms with E-state index in [1.54, 1.807) is 18.2 Å². The molecule has 2 aliphatic rings. The molecule has 1 aliphatic carbocycles. The van der Waals surface area contributed by atoms with E-state index >= 15 is 0 Å². The summed E-state index contributed by atoms with van der Waals surface area (Å²) in [7, 11) is -3.68. The molecule has 31 heavy (non-hydrogen) atoms. The largest absolute Gasteiger partial charge is 0.379 e. The van der Waals surface area contributed by atoms with E-state index in [1.165, 1.54) is 0 Å². The number of H-pyrrole nitrogens is 1. The Morgan fingerprint density at radius 2 is 1.87 bits per heavy atom. The fourth-order valence-electron chi connectivity index (χ4n) is 4.62. The molecule has 162 valence electrons. The molecule has 8 heteroatoms. The fourth-order valence-corrected chi connectivity index (χ4v) is 5.97. The van der Waals surface area contributed by atoms with Gasteiger partial charge in [0.2, 0.25) is 10.0 Å². The summed E-state index contributed by atoms with van der Waals surface area (Å²) in [5, 5.41) is 1.57. The molecule has 1 aromatic heterocycles. The fraction of sp³-hybridized carbons (Fsp3) is 0.348. The van der Waals surface area contributed by atoms with Crippen LogP contribution in [0.4, 0.5) is 0 Å². The third-order valence-corrected chi connectivity index (χ3v) is 7.68. The van der Waals surface area contributed by atoms with Crippen LogP contribution in [0.5, 0.6) is 0 Å². The lowest BCUT2D eigenvalue weighted by Crippen LogP contribution is -2.51. The maximum atomic E-state index is 13.2. The van der Waals surface area contributed by atoms with E-state index in [1.807, 2.05) is 31.2 Å². The molecule has 0 amide bonds. The highest BCUT2D eigenvalue weighted by molar-refractivity contribution is 7.89. The number of nitrogens with one attached hydrogen (secondary N) is 2. The highest BCUT2D eigenvalue weighted by Gasteiger charge is 2.28. The summed E-state index contributed by atoms with van der Waals surface area (Å²) in [5.41, 5.74) is 3.49. The van der Waals surface area contributed by atoms with Crippen molar-refractivity contribution in [3.63, 3.8) is 0 Å². The SMILES string of the molecule is CCC(NS(=O)(=O)c1ccc2c(c1)Cc1c-2[nH]c(=O)c2ccccc12)N1CCOCC1. The highest BCUT2D eigenvalue weighted by Crippen LogP contribution is 2.38. The van der Waals surface area contributed by atoms with Gasteiger partial charge in [-0.3, -0.25) is 9.69 Å². The van der Waals surface area contributed by atoms with Gasteiger partial charge in [0.1, 0.15) is 0 Å². The summed E-state index contributed by atoms with van der Waals surface area (Å²) in [6, 6.07) is 12.7. The minimum atomic E-state index is -3.68. The standard InChI is InChI=1S/C23H25N3O4S/c1-2-21(26-9-11-30-12-10-26)25-31(28,29)16-7-8-17-15(13-16)14-20-18-5-3-4-6-19(18)23(27)24-22(17)20/h3-8,13,21,25H,2,9-12,14H2,1H3,(H,24,27). The minimum absolute atomic E-state index is 0.128. The van der Waals surface area contributed by atoms with E-state index in [2.05, 4.69) is 14.6 Å². The normalized spacial score (nSPS) is 17.5. The van der Waals surface area contributed by atoms with Gasteiger partial charge in [0, 0.05) is 30.5 Å². The number of nitrogens with zero attached hydrogens (tertiary/aromatic N) is 1. The third-order valence-electron chi connectivity index (χ3n) is 6.23. The Hall–Kier alpha value is -2.52. The van der Waals surface area contributed by atoms with Crippen molar-refractivity contribution in [2.45, 2.75) is 30.8 Å². The Balaban J connectivity index is 1.48. The number of hydrogen-bond donors (Lipinski definition) is 2. The second-order valence-corrected chi connectivity index (χ2v) is 9.76. The van der Waals surface area contributed by atoms with Crippen molar-refractivity contribution >= 4 is 20.8 Å². The zero-order chi connectivity index (χ0) is 21.6. The molecule has 2 aromatic carbocycles. The van der Waals surface area contributed by atoms with Crippen LogP contribution in [-0.2, 0) is 21.2 Å². The smallest absolute Gasteiger partial charge is 0.256 e. The van der Waals surface area contributed by atoms with Crippen molar-refractivity contribution in [2.24, 2.45) is 0 Å². The van der Waals surface area contributed by atoms with E-state index in [4.69, 9.17) is 4.74 Å². The molecule has 1 saturated heterocycles. The van der Waals surface area contributed by atoms with Crippen molar-refractivity contribution < 1.29 is 13.2 Å². The van der Waals surface area contributed by atoms with Crippen LogP contribution in [0, 0.1) is 0 Å². The first-order valence-corrected chi connectivity index (χ1v) is 12.1. The molecular weight excluding hydrogens is 414 g/mol. The van der Waals surface area contributed by atoms with Crippen LogP contribution in [0.25, 0.3) is 22.0 Å². The van der Waals surface area contributed by atoms with Gasteiger partial charge < -0.3 is 9.72 Å². The van der Waals surface area contributed by atoms with Crippen molar-refractivity contribution in [1.29, 1.82) is 0 Å². The zero-order valence-electron chi connectivity index (χ0n) is 17.3. The average Bonchev–Trinajstić information content (AvgIpc) is 3.16. The summed E-state index contributed by atoms with van der Waals surface area (Å²) in [4.78, 5) is 17.9. The van der Waals surface area contributed by atoms with Gasteiger partial charge in [0.05, 0.1) is 30.0 Å². The number of aromatic amines is 1. The molecule has 1 fully saturated rings. The lowest BCUT2D eigenvalue weighted by molar-refractivity contribution is 0.0133. The lowest BCUT2D eigenvalue weighted by atomic mass is 10.0. The Kier molecular flexibility index (Phi) is 5.18. The first-order valence-electron chi connectivity index (χ1n) is 10.6. The number of rotatable bonds is 5. The molecule has 1 unspecified atom stereocenters. The van der Waals surface area contributed by atoms with Crippen molar-refractivity contribution in [3.8, 4) is 11.3 Å². The quantitative estimate of drug-likeness (QED) is 0.498. The molecule has 0 radical (unpaired) electrons. The van der Waals surface area contributed by atoms with Gasteiger partial charge in [0.15, 0.2) is 0 Å². The van der Waals surface area contributed by atoms with E-state index in [0.717, 1.165) is 27.8 Å². The third kappa shape index (κ3) is 3.59. The molecule has 0 spiro atoms. The Morgan fingerprint density at radius 3 is 2.61 bits per heavy atom. The Morgan fingerprint density at radius 1 is 1.13 bits per heavy atom. The van der Waals surface area contributed by atoms with Crippen LogP contribution in [0.15, 0.2) is 52.2 Å². The maximum absolute atomic E-state index is 13.2. The van der Waals surface area contributed by atoms with Crippen LogP contribution in [-0.4, -0.2) is 50.8 Å². The monoisotopic (exact) mass is 439 g/mol. The van der Waals surface area contributed by atoms with Gasteiger partial charge in [-0.15, -0.1) is 0 Å². The van der Waals surface area contributed by atoms with Crippen LogP contribution in [0.2, 0.25) is 0 Å². The van der Waals surface area contributed by atoms with Crippen molar-refractivity contribution in [3.05, 3.63) is 63.9 Å². The minimum Gasteiger partial charge on any atom is -0.379 e. The molecule has 1 aliphatic heterocycles. The summed E-state index contributed by atoms with van der Waals surface area (Å²) >= 11 is 0. The number of morpholine rings is 1. The second-order valence-electron chi connectivity index (χ2n) is 8.04. The predicted octanol–water partition coefficient (Wildman–Crippen LogP) is 2.45. The van der Waals surface area contributed by atoms with Gasteiger partial charge in [-0.25, -0.2) is 8.42 Å². The van der Waals surface area contributed by atoms with Gasteiger partial charge in [-0.05, 0) is 41.1 Å². The predicted molar refractivity (Wildman–Crippen MR) is 120 cm³/mol. The number of fused-ring (bicyclic) bond motifs is 5. The zero-order valence-corrected chi connectivity index (χ0v) is 18.2. The summed E-state index contributed by atoms with van der Waals surface area (Å²) in [6.07, 6.45) is 0.995. The summed E-state index contributed by atoms with van der Waals surface area (Å²) < 4.78 is 34.6. The summed E-state index contributed by atoms with van der Waals surface area (Å²) in [5.74, 6) is 0. The van der Waals surface area contributed by atoms with Crippen LogP contribution < -0.4 is 10.3 Å². The Labute approximate surface area is 181 Å². The first kappa shape index (κ1) is 20.4. The number of ether oxygens (including phenoxy) is 1. The van der Waals surface area contributed by atoms with Crippen LogP contribution in [0.1, 0.15) is 24.5 Å². The topological polar surface area (TPSA) is 91.5 Å². The van der Waals surface area contributed by atoms with Crippen LogP contribution in [0.3, 0.4) is 0 Å². The van der Waals surface area contributed by atoms with Crippen molar-refractivity contribution in [2.75, 3.05) is 26.3 Å². The maximum Gasteiger partial charge on any atom is 0.256 e. The van der Waals surface area contributed by atoms with E-state index in [0.29, 0.717) is 44.5 Å². The number of benzene rings is 2. The molecule has 2 heterocycles. The first-order chi connectivity index (χ1) is 15.0. The molecule has 2 N–H and O–H groups in total. The molecule has 3 aromatic rings. The second kappa shape index (κ2) is 7.87. The number of pyridine rings is 1. The van der Waals surface area contributed by atoms with Gasteiger partial charge in [0.25, 0.3) is 5.56 Å². The number of aromatic nitrogens is 1. The van der Waals surface area contributed by atoms with Crippen LogP contribution >= 0.6 is 0 Å². The molecule has 0 bridgehead atoms. The Bertz CT molecular complexity index is 1310. The van der Waals surface area contributed by atoms with E-state index < -0.39 is 10.0 Å². The average molecular weight is 440 g/mol. The van der Waals surface area contributed by atoms with E-state index in [9.17, 15) is 13.2 Å². The van der Waals surface area contributed by atoms with E-state index in [-0.39, 0.29) is 16.6 Å². The van der Waals surface area contributed by atoms with Gasteiger partial charge >= 0.3 is 0 Å².